The molecule has 30 heavy (non-hydrogen) atoms. The molecule has 4 nitrogen and oxygen atoms in total. The fourth-order valence-corrected chi connectivity index (χ4v) is 5.59. The Morgan fingerprint density at radius 1 is 1.03 bits per heavy atom. The Kier molecular flexibility index (Phi) is 5.08. The van der Waals surface area contributed by atoms with Crippen LogP contribution in [0.25, 0.3) is 10.9 Å². The zero-order valence-electron chi connectivity index (χ0n) is 17.4. The number of hydrogen-bond donors (Lipinski definition) is 0. The van der Waals surface area contributed by atoms with Gasteiger partial charge >= 0.3 is 0 Å². The van der Waals surface area contributed by atoms with E-state index in [1.807, 2.05) is 6.07 Å². The van der Waals surface area contributed by atoms with Gasteiger partial charge in [0.15, 0.2) is 0 Å². The van der Waals surface area contributed by atoms with E-state index in [2.05, 4.69) is 4.98 Å². The highest BCUT2D eigenvalue weighted by molar-refractivity contribution is 6.36. The van der Waals surface area contributed by atoms with Gasteiger partial charge in [-0.15, -0.1) is 0 Å². The van der Waals surface area contributed by atoms with Gasteiger partial charge in [0.05, 0.1) is 5.52 Å². The van der Waals surface area contributed by atoms with Crippen molar-refractivity contribution in [1.82, 2.24) is 9.88 Å². The summed E-state index contributed by atoms with van der Waals surface area (Å²) in [4.78, 5) is 31.4. The predicted octanol–water partition coefficient (Wildman–Crippen LogP) is 5.01. The van der Waals surface area contributed by atoms with Crippen molar-refractivity contribution in [3.63, 3.8) is 0 Å². The highest BCUT2D eigenvalue weighted by atomic mass is 19.1. The minimum Gasteiger partial charge on any atom is -0.336 e. The normalized spacial score (nSPS) is 21.8. The summed E-state index contributed by atoms with van der Waals surface area (Å²) < 4.78 is 13.8. The SMILES string of the molecule is O=C(CC1CCC2(CC1)CC2)C(=O)N1CCC(c2ccnc3ccc(F)cc23)CC1. The summed E-state index contributed by atoms with van der Waals surface area (Å²) in [5, 5.41) is 0.851. The molecule has 0 unspecified atom stereocenters. The molecule has 1 aliphatic heterocycles. The van der Waals surface area contributed by atoms with Crippen molar-refractivity contribution in [2.45, 2.75) is 63.7 Å². The quantitative estimate of drug-likeness (QED) is 0.668. The van der Waals surface area contributed by atoms with Crippen LogP contribution in [0.1, 0.15) is 69.3 Å². The molecule has 1 amide bonds. The Labute approximate surface area is 176 Å². The van der Waals surface area contributed by atoms with Crippen LogP contribution in [0.4, 0.5) is 4.39 Å². The number of Topliss-reactive ketones (excluding diaryl/α,β-unsaturated/α-hetero) is 1. The molecule has 1 aromatic heterocycles. The first kappa shape index (κ1) is 19.7. The Hall–Kier alpha value is -2.30. The molecule has 3 aliphatic rings. The van der Waals surface area contributed by atoms with Gasteiger partial charge in [-0.2, -0.15) is 0 Å². The van der Waals surface area contributed by atoms with Crippen LogP contribution in [0.2, 0.25) is 0 Å². The van der Waals surface area contributed by atoms with Crippen LogP contribution in [0.15, 0.2) is 30.5 Å². The molecule has 3 fully saturated rings. The summed E-state index contributed by atoms with van der Waals surface area (Å²) in [5.74, 6) is -0.120. The largest absolute Gasteiger partial charge is 0.336 e. The molecular weight excluding hydrogens is 379 g/mol. The smallest absolute Gasteiger partial charge is 0.289 e. The summed E-state index contributed by atoms with van der Waals surface area (Å²) in [6.45, 7) is 1.17. The minimum absolute atomic E-state index is 0.207. The van der Waals surface area contributed by atoms with E-state index >= 15 is 0 Å². The van der Waals surface area contributed by atoms with Gasteiger partial charge in [-0.25, -0.2) is 4.39 Å². The van der Waals surface area contributed by atoms with E-state index in [0.29, 0.717) is 30.8 Å². The lowest BCUT2D eigenvalue weighted by Crippen LogP contribution is -2.42. The van der Waals surface area contributed by atoms with E-state index in [0.717, 1.165) is 42.1 Å². The Balaban J connectivity index is 1.18. The lowest BCUT2D eigenvalue weighted by molar-refractivity contribution is -0.146. The predicted molar refractivity (Wildman–Crippen MR) is 114 cm³/mol. The van der Waals surface area contributed by atoms with Gasteiger partial charge in [-0.3, -0.25) is 14.6 Å². The van der Waals surface area contributed by atoms with E-state index in [4.69, 9.17) is 0 Å². The number of ketones is 1. The molecule has 1 spiro atoms. The lowest BCUT2D eigenvalue weighted by Gasteiger charge is -2.33. The van der Waals surface area contributed by atoms with Crippen LogP contribution < -0.4 is 0 Å². The third-order valence-corrected chi connectivity index (χ3v) is 7.79. The summed E-state index contributed by atoms with van der Waals surface area (Å²) in [5.41, 5.74) is 2.50. The van der Waals surface area contributed by atoms with Crippen LogP contribution in [-0.2, 0) is 9.59 Å². The third-order valence-electron chi connectivity index (χ3n) is 7.79. The summed E-state index contributed by atoms with van der Waals surface area (Å²) in [6.07, 6.45) is 11.2. The van der Waals surface area contributed by atoms with Crippen molar-refractivity contribution in [3.05, 3.63) is 41.8 Å². The van der Waals surface area contributed by atoms with Gasteiger partial charge in [0.2, 0.25) is 5.78 Å². The van der Waals surface area contributed by atoms with E-state index < -0.39 is 0 Å². The molecule has 2 saturated carbocycles. The van der Waals surface area contributed by atoms with Crippen LogP contribution in [0.3, 0.4) is 0 Å². The average molecular weight is 409 g/mol. The molecular formula is C25H29FN2O2. The van der Waals surface area contributed by atoms with Crippen molar-refractivity contribution in [3.8, 4) is 0 Å². The van der Waals surface area contributed by atoms with Crippen molar-refractivity contribution in [2.24, 2.45) is 11.3 Å². The molecule has 0 radical (unpaired) electrons. The van der Waals surface area contributed by atoms with Gasteiger partial charge in [0.25, 0.3) is 5.91 Å². The van der Waals surface area contributed by atoms with E-state index in [-0.39, 0.29) is 23.4 Å². The number of carbonyl (C=O) groups is 2. The second kappa shape index (κ2) is 7.75. The van der Waals surface area contributed by atoms with Gasteiger partial charge in [-0.05, 0) is 98.4 Å². The van der Waals surface area contributed by atoms with E-state index in [9.17, 15) is 14.0 Å². The molecule has 5 heteroatoms. The molecule has 2 aliphatic carbocycles. The number of amides is 1. The maximum Gasteiger partial charge on any atom is 0.289 e. The summed E-state index contributed by atoms with van der Waals surface area (Å²) in [7, 11) is 0. The van der Waals surface area contributed by atoms with Crippen LogP contribution in [0, 0.1) is 17.2 Å². The number of likely N-dealkylation sites (tertiary alicyclic amines) is 1. The first-order valence-electron chi connectivity index (χ1n) is 11.4. The molecule has 2 heterocycles. The van der Waals surface area contributed by atoms with Gasteiger partial charge in [0, 0.05) is 31.1 Å². The zero-order valence-corrected chi connectivity index (χ0v) is 17.4. The standard InChI is InChI=1S/C25H29FN2O2/c26-19-1-2-22-21(16-19)20(5-12-27-22)18-6-13-28(14-7-18)24(30)23(29)15-17-3-8-25(9-4-17)10-11-25/h1-2,5,12,16-18H,3-4,6-11,13-15H2. The second-order valence-electron chi connectivity index (χ2n) is 9.70. The highest BCUT2D eigenvalue weighted by Gasteiger charge is 2.45. The van der Waals surface area contributed by atoms with Crippen molar-refractivity contribution in [1.29, 1.82) is 0 Å². The first-order chi connectivity index (χ1) is 14.5. The lowest BCUT2D eigenvalue weighted by atomic mass is 9.78. The molecule has 5 rings (SSSR count). The Bertz CT molecular complexity index is 966. The number of pyridine rings is 1. The number of aromatic nitrogens is 1. The molecule has 158 valence electrons. The van der Waals surface area contributed by atoms with E-state index in [1.165, 1.54) is 31.7 Å². The van der Waals surface area contributed by atoms with Crippen LogP contribution in [-0.4, -0.2) is 34.7 Å². The van der Waals surface area contributed by atoms with Gasteiger partial charge in [0.1, 0.15) is 5.82 Å². The second-order valence-corrected chi connectivity index (χ2v) is 9.70. The van der Waals surface area contributed by atoms with Crippen LogP contribution in [0.5, 0.6) is 0 Å². The highest BCUT2D eigenvalue weighted by Crippen LogP contribution is 2.57. The third kappa shape index (κ3) is 3.86. The molecule has 1 saturated heterocycles. The fraction of sp³-hybridized carbons (Fsp3) is 0.560. The number of fused-ring (bicyclic) bond motifs is 1. The van der Waals surface area contributed by atoms with Crippen molar-refractivity contribution < 1.29 is 14.0 Å². The summed E-state index contributed by atoms with van der Waals surface area (Å²) in [6, 6.07) is 6.66. The van der Waals surface area contributed by atoms with Crippen molar-refractivity contribution in [2.75, 3.05) is 13.1 Å². The van der Waals surface area contributed by atoms with Crippen LogP contribution >= 0.6 is 0 Å². The fourth-order valence-electron chi connectivity index (χ4n) is 5.59. The number of nitrogens with zero attached hydrogens (tertiary/aromatic N) is 2. The number of benzene rings is 1. The molecule has 2 aromatic rings. The van der Waals surface area contributed by atoms with E-state index in [1.54, 1.807) is 23.2 Å². The first-order valence-corrected chi connectivity index (χ1v) is 11.4. The maximum atomic E-state index is 13.8. The maximum absolute atomic E-state index is 13.8. The number of carbonyl (C=O) groups excluding carboxylic acids is 2. The Morgan fingerprint density at radius 3 is 2.47 bits per heavy atom. The number of halogens is 1. The molecule has 0 N–H and O–H groups in total. The van der Waals surface area contributed by atoms with Crippen molar-refractivity contribution >= 4 is 22.6 Å². The molecule has 0 bridgehead atoms. The van der Waals surface area contributed by atoms with Gasteiger partial charge in [-0.1, -0.05) is 0 Å². The number of rotatable bonds is 4. The molecule has 0 atom stereocenters. The van der Waals surface area contributed by atoms with Gasteiger partial charge < -0.3 is 4.90 Å². The minimum atomic E-state index is -0.300. The monoisotopic (exact) mass is 408 g/mol. The topological polar surface area (TPSA) is 50.3 Å². The summed E-state index contributed by atoms with van der Waals surface area (Å²) >= 11 is 0. The molecule has 1 aromatic carbocycles. The number of hydrogen-bond acceptors (Lipinski definition) is 3. The average Bonchev–Trinajstić information content (AvgIpc) is 3.53. The zero-order chi connectivity index (χ0) is 20.7. The number of piperidine rings is 1. The Morgan fingerprint density at radius 2 is 1.77 bits per heavy atom.